The highest BCUT2D eigenvalue weighted by Crippen LogP contribution is 2.17. The summed E-state index contributed by atoms with van der Waals surface area (Å²) in [5.74, 6) is 0. The van der Waals surface area contributed by atoms with E-state index in [1.807, 2.05) is 12.1 Å². The van der Waals surface area contributed by atoms with E-state index in [1.165, 1.54) is 5.56 Å². The van der Waals surface area contributed by atoms with E-state index in [-0.39, 0.29) is 0 Å². The summed E-state index contributed by atoms with van der Waals surface area (Å²) in [4.78, 5) is 0. The molecule has 3 nitrogen and oxygen atoms in total. The molecule has 1 aromatic heterocycles. The highest BCUT2D eigenvalue weighted by molar-refractivity contribution is 9.10. The van der Waals surface area contributed by atoms with Crippen molar-refractivity contribution in [3.63, 3.8) is 0 Å². The van der Waals surface area contributed by atoms with Gasteiger partial charge in [0.1, 0.15) is 10.0 Å². The Morgan fingerprint density at radius 1 is 1.12 bits per heavy atom. The Morgan fingerprint density at radius 3 is 2.50 bits per heavy atom. The minimum Gasteiger partial charge on any atom is -0.330 e. The van der Waals surface area contributed by atoms with Crippen molar-refractivity contribution in [1.82, 2.24) is 10.2 Å². The van der Waals surface area contributed by atoms with Gasteiger partial charge in [0, 0.05) is 17.3 Å². The molecule has 1 aromatic carbocycles. The fourth-order valence-electron chi connectivity index (χ4n) is 1.36. The first kappa shape index (κ1) is 11.7. The Morgan fingerprint density at radius 2 is 1.81 bits per heavy atom. The molecule has 0 saturated heterocycles. The van der Waals surface area contributed by atoms with Crippen molar-refractivity contribution < 1.29 is 0 Å². The Balaban J connectivity index is 2.05. The van der Waals surface area contributed by atoms with Crippen molar-refractivity contribution in [1.29, 1.82) is 0 Å². The van der Waals surface area contributed by atoms with E-state index < -0.39 is 0 Å². The second kappa shape index (κ2) is 5.52. The average molecular weight is 298 g/mol. The fraction of sp³-hybridized carbons (Fsp3) is 0.273. The zero-order valence-corrected chi connectivity index (χ0v) is 11.1. The van der Waals surface area contributed by atoms with Gasteiger partial charge in [0.2, 0.25) is 0 Å². The van der Waals surface area contributed by atoms with Crippen LogP contribution in [0, 0.1) is 0 Å². The number of nitrogens with two attached hydrogens (primary N) is 1. The van der Waals surface area contributed by atoms with E-state index in [4.69, 9.17) is 5.73 Å². The van der Waals surface area contributed by atoms with Crippen molar-refractivity contribution in [2.75, 3.05) is 6.54 Å². The molecule has 0 unspecified atom stereocenters. The summed E-state index contributed by atoms with van der Waals surface area (Å²) in [6.07, 6.45) is 1.66. The predicted octanol–water partition coefficient (Wildman–Crippen LogP) is 2.39. The molecule has 2 rings (SSSR count). The van der Waals surface area contributed by atoms with Crippen molar-refractivity contribution in [2.24, 2.45) is 5.73 Å². The van der Waals surface area contributed by atoms with Crippen LogP contribution in [0.25, 0.3) is 0 Å². The van der Waals surface area contributed by atoms with Gasteiger partial charge in [-0.3, -0.25) is 0 Å². The number of hydrogen-bond donors (Lipinski definition) is 1. The average Bonchev–Trinajstić information content (AvgIpc) is 2.70. The number of halogens is 1. The van der Waals surface area contributed by atoms with Crippen molar-refractivity contribution in [3.05, 3.63) is 44.3 Å². The van der Waals surface area contributed by atoms with Gasteiger partial charge < -0.3 is 5.73 Å². The van der Waals surface area contributed by atoms with E-state index >= 15 is 0 Å². The monoisotopic (exact) mass is 297 g/mol. The van der Waals surface area contributed by atoms with Crippen LogP contribution in [0.3, 0.4) is 0 Å². The summed E-state index contributed by atoms with van der Waals surface area (Å²) in [5, 5.41) is 10.3. The van der Waals surface area contributed by atoms with E-state index in [2.05, 4.69) is 38.3 Å². The first-order valence-electron chi connectivity index (χ1n) is 5.03. The van der Waals surface area contributed by atoms with Gasteiger partial charge in [0.15, 0.2) is 0 Å². The second-order valence-electron chi connectivity index (χ2n) is 3.43. The van der Waals surface area contributed by atoms with Crippen LogP contribution < -0.4 is 5.73 Å². The van der Waals surface area contributed by atoms with Gasteiger partial charge in [-0.1, -0.05) is 28.1 Å². The molecule has 0 spiro atoms. The third kappa shape index (κ3) is 3.10. The van der Waals surface area contributed by atoms with Gasteiger partial charge in [-0.15, -0.1) is 21.5 Å². The summed E-state index contributed by atoms with van der Waals surface area (Å²) >= 11 is 5.06. The number of nitrogens with zero attached hydrogens (tertiary/aromatic N) is 2. The molecule has 0 amide bonds. The summed E-state index contributed by atoms with van der Waals surface area (Å²) in [6.45, 7) is 0.632. The molecule has 0 fully saturated rings. The van der Waals surface area contributed by atoms with E-state index in [0.717, 1.165) is 27.3 Å². The highest BCUT2D eigenvalue weighted by atomic mass is 79.9. The lowest BCUT2D eigenvalue weighted by molar-refractivity contribution is 0.898. The van der Waals surface area contributed by atoms with E-state index in [0.29, 0.717) is 6.54 Å². The molecule has 2 N–H and O–H groups in total. The number of hydrogen-bond acceptors (Lipinski definition) is 4. The Hall–Kier alpha value is -0.780. The van der Waals surface area contributed by atoms with Gasteiger partial charge in [-0.05, 0) is 24.2 Å². The van der Waals surface area contributed by atoms with Crippen molar-refractivity contribution in [2.45, 2.75) is 12.8 Å². The molecule has 16 heavy (non-hydrogen) atoms. The standard InChI is InChI=1S/C11H12BrN3S/c12-9-3-1-8(2-4-9)7-11-15-14-10(16-11)5-6-13/h1-4H,5-7,13H2. The maximum atomic E-state index is 5.47. The van der Waals surface area contributed by atoms with Crippen molar-refractivity contribution >= 4 is 27.3 Å². The van der Waals surface area contributed by atoms with Crippen LogP contribution in [0.5, 0.6) is 0 Å². The first-order chi connectivity index (χ1) is 7.78. The lowest BCUT2D eigenvalue weighted by Gasteiger charge is -1.96. The smallest absolute Gasteiger partial charge is 0.121 e. The zero-order valence-electron chi connectivity index (χ0n) is 8.69. The molecule has 0 radical (unpaired) electrons. The lowest BCUT2D eigenvalue weighted by atomic mass is 10.2. The molecule has 0 aliphatic carbocycles. The molecule has 2 aromatic rings. The number of aromatic nitrogens is 2. The molecule has 0 aliphatic rings. The Labute approximate surface area is 107 Å². The summed E-state index contributed by atoms with van der Waals surface area (Å²) in [6, 6.07) is 8.26. The summed E-state index contributed by atoms with van der Waals surface area (Å²) in [5.41, 5.74) is 6.72. The third-order valence-corrected chi connectivity index (χ3v) is 3.65. The van der Waals surface area contributed by atoms with Crippen LogP contribution >= 0.6 is 27.3 Å². The lowest BCUT2D eigenvalue weighted by Crippen LogP contribution is -2.01. The molecule has 84 valence electrons. The quantitative estimate of drug-likeness (QED) is 0.943. The van der Waals surface area contributed by atoms with E-state index in [9.17, 15) is 0 Å². The van der Waals surface area contributed by atoms with Gasteiger partial charge in [0.25, 0.3) is 0 Å². The molecule has 0 bridgehead atoms. The summed E-state index contributed by atoms with van der Waals surface area (Å²) in [7, 11) is 0. The third-order valence-electron chi connectivity index (χ3n) is 2.14. The maximum absolute atomic E-state index is 5.47. The van der Waals surface area contributed by atoms with Gasteiger partial charge in [-0.2, -0.15) is 0 Å². The second-order valence-corrected chi connectivity index (χ2v) is 5.49. The van der Waals surface area contributed by atoms with E-state index in [1.54, 1.807) is 11.3 Å². The molecular formula is C11H12BrN3S. The number of benzene rings is 1. The predicted molar refractivity (Wildman–Crippen MR) is 69.6 cm³/mol. The first-order valence-corrected chi connectivity index (χ1v) is 6.64. The number of rotatable bonds is 4. The van der Waals surface area contributed by atoms with Gasteiger partial charge >= 0.3 is 0 Å². The van der Waals surface area contributed by atoms with Crippen LogP contribution in [0.4, 0.5) is 0 Å². The molecule has 0 atom stereocenters. The molecule has 1 heterocycles. The minimum absolute atomic E-state index is 0.632. The highest BCUT2D eigenvalue weighted by Gasteiger charge is 2.04. The Bertz CT molecular complexity index is 453. The maximum Gasteiger partial charge on any atom is 0.121 e. The molecule has 5 heteroatoms. The molecule has 0 aliphatic heterocycles. The van der Waals surface area contributed by atoms with Gasteiger partial charge in [-0.25, -0.2) is 0 Å². The SMILES string of the molecule is NCCc1nnc(Cc2ccc(Br)cc2)s1. The minimum atomic E-state index is 0.632. The van der Waals surface area contributed by atoms with Gasteiger partial charge in [0.05, 0.1) is 0 Å². The normalized spacial score (nSPS) is 10.6. The topological polar surface area (TPSA) is 51.8 Å². The largest absolute Gasteiger partial charge is 0.330 e. The van der Waals surface area contributed by atoms with Crippen LogP contribution in [0.15, 0.2) is 28.7 Å². The van der Waals surface area contributed by atoms with Crippen LogP contribution in [-0.2, 0) is 12.8 Å². The zero-order chi connectivity index (χ0) is 11.4. The van der Waals surface area contributed by atoms with Crippen molar-refractivity contribution in [3.8, 4) is 0 Å². The molecular weight excluding hydrogens is 286 g/mol. The Kier molecular flexibility index (Phi) is 4.04. The summed E-state index contributed by atoms with van der Waals surface area (Å²) < 4.78 is 1.09. The van der Waals surface area contributed by atoms with Crippen LogP contribution in [0.2, 0.25) is 0 Å². The molecule has 0 saturated carbocycles. The fourth-order valence-corrected chi connectivity index (χ4v) is 2.52. The van der Waals surface area contributed by atoms with Crippen LogP contribution in [-0.4, -0.2) is 16.7 Å². The van der Waals surface area contributed by atoms with Crippen LogP contribution in [0.1, 0.15) is 15.6 Å².